The number of nitrogens with zero attached hydrogens (tertiary/aromatic N) is 2. The molecule has 1 aromatic rings. The van der Waals surface area contributed by atoms with Gasteiger partial charge in [0.1, 0.15) is 6.10 Å². The highest BCUT2D eigenvalue weighted by atomic mass is 16.5. The van der Waals surface area contributed by atoms with Crippen molar-refractivity contribution in [2.75, 3.05) is 39.9 Å². The number of rotatable bonds is 5. The van der Waals surface area contributed by atoms with E-state index in [1.54, 1.807) is 0 Å². The van der Waals surface area contributed by atoms with E-state index in [0.29, 0.717) is 5.92 Å². The van der Waals surface area contributed by atoms with Crippen LogP contribution in [0.25, 0.3) is 0 Å². The first-order chi connectivity index (χ1) is 12.3. The normalized spacial score (nSPS) is 25.8. The maximum atomic E-state index is 5.94. The fraction of sp³-hybridized carbons (Fsp3) is 0.650. The minimum atomic E-state index is 0.165. The van der Waals surface area contributed by atoms with Crippen molar-refractivity contribution in [3.05, 3.63) is 35.9 Å². The second kappa shape index (κ2) is 9.20. The Bertz CT molecular complexity index is 543. The molecule has 25 heavy (non-hydrogen) atoms. The van der Waals surface area contributed by atoms with E-state index in [2.05, 4.69) is 52.5 Å². The maximum Gasteiger partial charge on any atom is 0.193 e. The quantitative estimate of drug-likeness (QED) is 0.658. The molecular formula is C20H31N3O2. The van der Waals surface area contributed by atoms with Crippen molar-refractivity contribution < 1.29 is 9.47 Å². The lowest BCUT2D eigenvalue weighted by molar-refractivity contribution is -0.0816. The summed E-state index contributed by atoms with van der Waals surface area (Å²) in [7, 11) is 1.86. The minimum Gasteiger partial charge on any atom is -0.375 e. The monoisotopic (exact) mass is 345 g/mol. The van der Waals surface area contributed by atoms with Crippen molar-refractivity contribution in [2.24, 2.45) is 4.99 Å². The number of hydrogen-bond acceptors (Lipinski definition) is 3. The number of morpholine rings is 1. The minimum absolute atomic E-state index is 0.165. The first-order valence-corrected chi connectivity index (χ1v) is 9.51. The van der Waals surface area contributed by atoms with Crippen LogP contribution in [0.2, 0.25) is 0 Å². The van der Waals surface area contributed by atoms with Crippen LogP contribution in [0.1, 0.15) is 37.7 Å². The number of guanidine groups is 1. The third-order valence-electron chi connectivity index (χ3n) is 5.21. The topological polar surface area (TPSA) is 46.1 Å². The molecule has 0 radical (unpaired) electrons. The molecule has 2 aliphatic rings. The van der Waals surface area contributed by atoms with Gasteiger partial charge in [0, 0.05) is 33.3 Å². The molecule has 138 valence electrons. The number of hydrogen-bond donors (Lipinski definition) is 1. The van der Waals surface area contributed by atoms with Crippen molar-refractivity contribution in [1.82, 2.24) is 10.2 Å². The van der Waals surface area contributed by atoms with Crippen LogP contribution >= 0.6 is 0 Å². The maximum absolute atomic E-state index is 5.94. The summed E-state index contributed by atoms with van der Waals surface area (Å²) in [6.45, 7) is 6.56. The van der Waals surface area contributed by atoms with Gasteiger partial charge in [0.05, 0.1) is 12.7 Å². The molecule has 3 unspecified atom stereocenters. The molecule has 0 aliphatic carbocycles. The van der Waals surface area contributed by atoms with Crippen LogP contribution in [-0.4, -0.2) is 63.0 Å². The summed E-state index contributed by atoms with van der Waals surface area (Å²) in [4.78, 5) is 6.79. The Morgan fingerprint density at radius 2 is 2.04 bits per heavy atom. The Balaban J connectivity index is 1.47. The molecule has 0 amide bonds. The Hall–Kier alpha value is -1.59. The van der Waals surface area contributed by atoms with Crippen molar-refractivity contribution in [3.8, 4) is 0 Å². The first-order valence-electron chi connectivity index (χ1n) is 9.51. The molecule has 2 fully saturated rings. The molecule has 1 aromatic carbocycles. The van der Waals surface area contributed by atoms with Crippen LogP contribution in [0.3, 0.4) is 0 Å². The van der Waals surface area contributed by atoms with Crippen molar-refractivity contribution >= 4 is 5.96 Å². The fourth-order valence-corrected chi connectivity index (χ4v) is 3.67. The lowest BCUT2D eigenvalue weighted by Crippen LogP contribution is -2.53. The van der Waals surface area contributed by atoms with Gasteiger partial charge in [-0.15, -0.1) is 0 Å². The van der Waals surface area contributed by atoms with Crippen molar-refractivity contribution in [3.63, 3.8) is 0 Å². The van der Waals surface area contributed by atoms with E-state index >= 15 is 0 Å². The van der Waals surface area contributed by atoms with Gasteiger partial charge in [-0.05, 0) is 30.7 Å². The molecule has 3 atom stereocenters. The van der Waals surface area contributed by atoms with Gasteiger partial charge < -0.3 is 19.7 Å². The lowest BCUT2D eigenvalue weighted by atomic mass is 9.98. The summed E-state index contributed by atoms with van der Waals surface area (Å²) in [6.07, 6.45) is 3.76. The van der Waals surface area contributed by atoms with E-state index in [1.165, 1.54) is 5.56 Å². The molecule has 0 bridgehead atoms. The zero-order chi connectivity index (χ0) is 17.5. The Morgan fingerprint density at radius 3 is 2.76 bits per heavy atom. The fourth-order valence-electron chi connectivity index (χ4n) is 3.67. The van der Waals surface area contributed by atoms with Gasteiger partial charge in [0.2, 0.25) is 0 Å². The summed E-state index contributed by atoms with van der Waals surface area (Å²) in [5.41, 5.74) is 1.39. The Labute approximate surface area is 151 Å². The second-order valence-electron chi connectivity index (χ2n) is 6.98. The summed E-state index contributed by atoms with van der Waals surface area (Å²) in [6, 6.07) is 10.7. The largest absolute Gasteiger partial charge is 0.375 e. The zero-order valence-electron chi connectivity index (χ0n) is 15.5. The molecular weight excluding hydrogens is 314 g/mol. The highest BCUT2D eigenvalue weighted by Crippen LogP contribution is 2.21. The van der Waals surface area contributed by atoms with Crippen molar-refractivity contribution in [1.29, 1.82) is 0 Å². The smallest absolute Gasteiger partial charge is 0.193 e. The molecule has 1 N–H and O–H groups in total. The van der Waals surface area contributed by atoms with E-state index in [9.17, 15) is 0 Å². The summed E-state index contributed by atoms with van der Waals surface area (Å²) >= 11 is 0. The molecule has 2 aliphatic heterocycles. The number of aliphatic imine (C=N–C) groups is 1. The van der Waals surface area contributed by atoms with Crippen LogP contribution < -0.4 is 5.32 Å². The van der Waals surface area contributed by atoms with Gasteiger partial charge in [-0.1, -0.05) is 37.3 Å². The van der Waals surface area contributed by atoms with E-state index in [4.69, 9.17) is 9.47 Å². The summed E-state index contributed by atoms with van der Waals surface area (Å²) in [5.74, 6) is 1.52. The molecule has 0 saturated carbocycles. The van der Waals surface area contributed by atoms with E-state index in [-0.39, 0.29) is 12.2 Å². The van der Waals surface area contributed by atoms with Gasteiger partial charge in [0.15, 0.2) is 5.96 Å². The summed E-state index contributed by atoms with van der Waals surface area (Å²) < 4.78 is 11.7. The first kappa shape index (κ1) is 18.2. The number of nitrogens with one attached hydrogen (secondary N) is 1. The van der Waals surface area contributed by atoms with Gasteiger partial charge in [-0.3, -0.25) is 4.99 Å². The summed E-state index contributed by atoms with van der Waals surface area (Å²) in [5, 5.41) is 3.53. The third-order valence-corrected chi connectivity index (χ3v) is 5.21. The van der Waals surface area contributed by atoms with Crippen LogP contribution in [-0.2, 0) is 9.47 Å². The lowest BCUT2D eigenvalue weighted by Gasteiger charge is -2.37. The zero-order valence-corrected chi connectivity index (χ0v) is 15.5. The second-order valence-corrected chi connectivity index (χ2v) is 6.98. The van der Waals surface area contributed by atoms with Gasteiger partial charge >= 0.3 is 0 Å². The van der Waals surface area contributed by atoms with Gasteiger partial charge in [-0.2, -0.15) is 0 Å². The predicted molar refractivity (Wildman–Crippen MR) is 101 cm³/mol. The van der Waals surface area contributed by atoms with Gasteiger partial charge in [0.25, 0.3) is 0 Å². The Morgan fingerprint density at radius 1 is 1.24 bits per heavy atom. The average Bonchev–Trinajstić information content (AvgIpc) is 3.21. The number of benzene rings is 1. The molecule has 3 rings (SSSR count). The van der Waals surface area contributed by atoms with E-state index in [1.807, 2.05) is 7.05 Å². The van der Waals surface area contributed by atoms with Crippen LogP contribution in [0.5, 0.6) is 0 Å². The van der Waals surface area contributed by atoms with Crippen LogP contribution in [0.15, 0.2) is 35.3 Å². The molecule has 0 aromatic heterocycles. The van der Waals surface area contributed by atoms with Gasteiger partial charge in [-0.25, -0.2) is 0 Å². The highest BCUT2D eigenvalue weighted by Gasteiger charge is 2.32. The molecule has 5 heteroatoms. The molecule has 0 spiro atoms. The van der Waals surface area contributed by atoms with Crippen LogP contribution in [0.4, 0.5) is 0 Å². The van der Waals surface area contributed by atoms with E-state index < -0.39 is 0 Å². The SMILES string of the molecule is CN=C(NCCC(C)c1ccccc1)N1CCOC(C2CCCO2)C1. The third kappa shape index (κ3) is 4.95. The number of ether oxygens (including phenoxy) is 2. The molecule has 2 heterocycles. The molecule has 2 saturated heterocycles. The average molecular weight is 345 g/mol. The van der Waals surface area contributed by atoms with Crippen LogP contribution in [0, 0.1) is 0 Å². The highest BCUT2D eigenvalue weighted by molar-refractivity contribution is 5.80. The van der Waals surface area contributed by atoms with Crippen molar-refractivity contribution in [2.45, 2.75) is 44.3 Å². The Kier molecular flexibility index (Phi) is 6.70. The standard InChI is InChI=1S/C20H31N3O2/c1-16(17-7-4-3-5-8-17)10-11-22-20(21-2)23-12-14-25-19(15-23)18-9-6-13-24-18/h3-5,7-8,16,18-19H,6,9-15H2,1-2H3,(H,21,22). The van der Waals surface area contributed by atoms with E-state index in [0.717, 1.165) is 58.1 Å². The predicted octanol–water partition coefficient (Wildman–Crippen LogP) is 2.64. The molecule has 5 nitrogen and oxygen atoms in total.